The van der Waals surface area contributed by atoms with Crippen molar-refractivity contribution >= 4 is 11.9 Å². The van der Waals surface area contributed by atoms with Crippen LogP contribution in [0.2, 0.25) is 0 Å². The van der Waals surface area contributed by atoms with Gasteiger partial charge in [-0.3, -0.25) is 9.59 Å². The van der Waals surface area contributed by atoms with Crippen molar-refractivity contribution in [2.24, 2.45) is 17.6 Å². The molecule has 0 aromatic rings. The van der Waals surface area contributed by atoms with Crippen LogP contribution in [0, 0.1) is 11.8 Å². The number of carbonyl (C=O) groups excluding carboxylic acids is 1. The molecular formula is C18H34N2O3. The first-order chi connectivity index (χ1) is 11.1. The summed E-state index contributed by atoms with van der Waals surface area (Å²) >= 11 is 0. The van der Waals surface area contributed by atoms with Crippen molar-refractivity contribution in [2.45, 2.75) is 77.0 Å². The summed E-state index contributed by atoms with van der Waals surface area (Å²) in [5.74, 6) is 0.00180. The molecule has 0 bridgehead atoms. The van der Waals surface area contributed by atoms with Crippen LogP contribution in [-0.4, -0.2) is 30.1 Å². The fourth-order valence-electron chi connectivity index (χ4n) is 3.46. The van der Waals surface area contributed by atoms with Crippen molar-refractivity contribution in [3.8, 4) is 0 Å². The summed E-state index contributed by atoms with van der Waals surface area (Å²) < 4.78 is 0. The Morgan fingerprint density at radius 3 is 2.22 bits per heavy atom. The first-order valence-corrected chi connectivity index (χ1v) is 9.34. The van der Waals surface area contributed by atoms with Gasteiger partial charge in [0.2, 0.25) is 5.91 Å². The molecule has 0 saturated heterocycles. The Balaban J connectivity index is 1.96. The van der Waals surface area contributed by atoms with Crippen LogP contribution in [0.15, 0.2) is 0 Å². The summed E-state index contributed by atoms with van der Waals surface area (Å²) in [5.41, 5.74) is 5.78. The van der Waals surface area contributed by atoms with Crippen LogP contribution in [0.1, 0.15) is 77.0 Å². The van der Waals surface area contributed by atoms with Crippen molar-refractivity contribution in [1.29, 1.82) is 0 Å². The fraction of sp³-hybridized carbons (Fsp3) is 0.889. The second-order valence-electron chi connectivity index (χ2n) is 6.80. The molecule has 2 unspecified atom stereocenters. The highest BCUT2D eigenvalue weighted by atomic mass is 16.4. The first-order valence-electron chi connectivity index (χ1n) is 9.34. The van der Waals surface area contributed by atoms with Crippen molar-refractivity contribution in [1.82, 2.24) is 5.32 Å². The van der Waals surface area contributed by atoms with E-state index in [-0.39, 0.29) is 18.2 Å². The van der Waals surface area contributed by atoms with Gasteiger partial charge >= 0.3 is 5.97 Å². The number of carboxylic acid groups (broad SMARTS) is 1. The minimum absolute atomic E-state index is 0.128. The Hall–Kier alpha value is -1.10. The number of hydrogen-bond acceptors (Lipinski definition) is 3. The van der Waals surface area contributed by atoms with Crippen molar-refractivity contribution < 1.29 is 14.7 Å². The molecule has 0 aromatic carbocycles. The van der Waals surface area contributed by atoms with Gasteiger partial charge in [0.1, 0.15) is 0 Å². The van der Waals surface area contributed by atoms with E-state index in [0.717, 1.165) is 70.8 Å². The number of carbonyl (C=O) groups is 2. The lowest BCUT2D eigenvalue weighted by Crippen LogP contribution is -2.39. The van der Waals surface area contributed by atoms with E-state index >= 15 is 0 Å². The molecule has 5 nitrogen and oxygen atoms in total. The second kappa shape index (κ2) is 12.3. The summed E-state index contributed by atoms with van der Waals surface area (Å²) in [5, 5.41) is 11.6. The molecule has 0 heterocycles. The van der Waals surface area contributed by atoms with E-state index in [9.17, 15) is 9.59 Å². The van der Waals surface area contributed by atoms with Crippen LogP contribution < -0.4 is 11.1 Å². The molecule has 1 aliphatic rings. The standard InChI is InChI=1S/C18H34N2O3/c19-14-15-10-7-8-11-16(15)18(23)20-13-9-5-3-1-2-4-6-12-17(21)22/h15-16H,1-14,19H2,(H,20,23)(H,21,22). The van der Waals surface area contributed by atoms with Gasteiger partial charge in [0.05, 0.1) is 0 Å². The lowest BCUT2D eigenvalue weighted by Gasteiger charge is -2.29. The van der Waals surface area contributed by atoms with Gasteiger partial charge in [0.25, 0.3) is 0 Å². The Labute approximate surface area is 140 Å². The molecular weight excluding hydrogens is 292 g/mol. The third kappa shape index (κ3) is 8.94. The first kappa shape index (κ1) is 19.9. The van der Waals surface area contributed by atoms with E-state index in [1.807, 2.05) is 0 Å². The maximum absolute atomic E-state index is 12.2. The minimum Gasteiger partial charge on any atom is -0.481 e. The van der Waals surface area contributed by atoms with Gasteiger partial charge in [-0.05, 0) is 38.1 Å². The molecule has 1 aliphatic carbocycles. The quantitative estimate of drug-likeness (QED) is 0.481. The van der Waals surface area contributed by atoms with Crippen molar-refractivity contribution in [2.75, 3.05) is 13.1 Å². The molecule has 134 valence electrons. The van der Waals surface area contributed by atoms with Crippen LogP contribution in [0.5, 0.6) is 0 Å². The Bertz CT molecular complexity index is 347. The molecule has 0 spiro atoms. The van der Waals surface area contributed by atoms with Crippen LogP contribution in [0.4, 0.5) is 0 Å². The normalized spacial score (nSPS) is 21.1. The summed E-state index contributed by atoms with van der Waals surface area (Å²) in [4.78, 5) is 22.6. The van der Waals surface area contributed by atoms with Crippen LogP contribution in [0.3, 0.4) is 0 Å². The molecule has 1 amide bonds. The molecule has 0 aliphatic heterocycles. The minimum atomic E-state index is -0.699. The van der Waals surface area contributed by atoms with Gasteiger partial charge in [-0.15, -0.1) is 0 Å². The molecule has 1 fully saturated rings. The lowest BCUT2D eigenvalue weighted by atomic mass is 9.79. The van der Waals surface area contributed by atoms with E-state index in [0.29, 0.717) is 12.5 Å². The molecule has 2 atom stereocenters. The van der Waals surface area contributed by atoms with E-state index in [1.165, 1.54) is 6.42 Å². The highest BCUT2D eigenvalue weighted by molar-refractivity contribution is 5.79. The third-order valence-corrected chi connectivity index (χ3v) is 4.92. The number of unbranched alkanes of at least 4 members (excludes halogenated alkanes) is 6. The molecule has 5 heteroatoms. The SMILES string of the molecule is NCC1CCCCC1C(=O)NCCCCCCCCCC(=O)O. The molecule has 0 aromatic heterocycles. The van der Waals surface area contributed by atoms with Gasteiger partial charge in [-0.25, -0.2) is 0 Å². The Morgan fingerprint density at radius 1 is 0.957 bits per heavy atom. The molecule has 23 heavy (non-hydrogen) atoms. The molecule has 1 rings (SSSR count). The van der Waals surface area contributed by atoms with Gasteiger partial charge in [-0.2, -0.15) is 0 Å². The summed E-state index contributed by atoms with van der Waals surface area (Å²) in [6.45, 7) is 1.39. The highest BCUT2D eigenvalue weighted by Gasteiger charge is 2.29. The zero-order valence-corrected chi connectivity index (χ0v) is 14.4. The molecule has 4 N–H and O–H groups in total. The average Bonchev–Trinajstić information content (AvgIpc) is 2.56. The van der Waals surface area contributed by atoms with E-state index in [4.69, 9.17) is 10.8 Å². The zero-order valence-electron chi connectivity index (χ0n) is 14.4. The van der Waals surface area contributed by atoms with Gasteiger partial charge in [0.15, 0.2) is 0 Å². The van der Waals surface area contributed by atoms with Crippen LogP contribution >= 0.6 is 0 Å². The van der Waals surface area contributed by atoms with Gasteiger partial charge in [0, 0.05) is 18.9 Å². The number of amides is 1. The number of nitrogens with two attached hydrogens (primary N) is 1. The van der Waals surface area contributed by atoms with Gasteiger partial charge in [-0.1, -0.05) is 44.9 Å². The van der Waals surface area contributed by atoms with Gasteiger partial charge < -0.3 is 16.2 Å². The summed E-state index contributed by atoms with van der Waals surface area (Å²) in [6.07, 6.45) is 12.1. The molecule has 0 radical (unpaired) electrons. The number of nitrogens with one attached hydrogen (secondary N) is 1. The predicted octanol–water partition coefficient (Wildman–Crippen LogP) is 3.07. The monoisotopic (exact) mass is 326 g/mol. The second-order valence-corrected chi connectivity index (χ2v) is 6.80. The number of hydrogen-bond donors (Lipinski definition) is 3. The summed E-state index contributed by atoms with van der Waals surface area (Å²) in [6, 6.07) is 0. The smallest absolute Gasteiger partial charge is 0.303 e. The largest absolute Gasteiger partial charge is 0.481 e. The average molecular weight is 326 g/mol. The van der Waals surface area contributed by atoms with E-state index in [1.54, 1.807) is 0 Å². The fourth-order valence-corrected chi connectivity index (χ4v) is 3.46. The van der Waals surface area contributed by atoms with E-state index in [2.05, 4.69) is 5.32 Å². The predicted molar refractivity (Wildman–Crippen MR) is 92.1 cm³/mol. The number of rotatable bonds is 12. The number of carboxylic acids is 1. The zero-order chi connectivity index (χ0) is 16.9. The lowest BCUT2D eigenvalue weighted by molar-refractivity contribution is -0.137. The maximum Gasteiger partial charge on any atom is 0.303 e. The maximum atomic E-state index is 12.2. The topological polar surface area (TPSA) is 92.4 Å². The Morgan fingerprint density at radius 2 is 1.57 bits per heavy atom. The molecule has 1 saturated carbocycles. The summed E-state index contributed by atoms with van der Waals surface area (Å²) in [7, 11) is 0. The third-order valence-electron chi connectivity index (χ3n) is 4.92. The number of aliphatic carboxylic acids is 1. The van der Waals surface area contributed by atoms with Crippen molar-refractivity contribution in [3.05, 3.63) is 0 Å². The van der Waals surface area contributed by atoms with Crippen molar-refractivity contribution in [3.63, 3.8) is 0 Å². The van der Waals surface area contributed by atoms with Crippen LogP contribution in [0.25, 0.3) is 0 Å². The van der Waals surface area contributed by atoms with E-state index < -0.39 is 5.97 Å². The Kier molecular flexibility index (Phi) is 10.7. The van der Waals surface area contributed by atoms with Crippen LogP contribution in [-0.2, 0) is 9.59 Å². The highest BCUT2D eigenvalue weighted by Crippen LogP contribution is 2.29.